The topological polar surface area (TPSA) is 104 Å². The van der Waals surface area contributed by atoms with Gasteiger partial charge in [-0.25, -0.2) is 0 Å². The highest BCUT2D eigenvalue weighted by atomic mass is 35.5. The summed E-state index contributed by atoms with van der Waals surface area (Å²) in [4.78, 5) is 10.0. The van der Waals surface area contributed by atoms with Crippen LogP contribution in [0.15, 0.2) is 83.8 Å². The number of hydrogen-bond acceptors (Lipinski definition) is 6. The first-order valence-electron chi connectivity index (χ1n) is 9.35. The number of aromatic nitrogens is 2. The first kappa shape index (κ1) is 21.5. The fraction of sp³-hybridized carbons (Fsp3) is 0.0455. The molecule has 3 aromatic carbocycles. The molecule has 10 heteroatoms. The lowest BCUT2D eigenvalue weighted by Crippen LogP contribution is -2.13. The van der Waals surface area contributed by atoms with E-state index >= 15 is 0 Å². The summed E-state index contributed by atoms with van der Waals surface area (Å²) in [5, 5.41) is 15.5. The number of aryl methyl sites for hydroxylation is 1. The van der Waals surface area contributed by atoms with Crippen molar-refractivity contribution in [3.8, 4) is 22.8 Å². The normalized spacial score (nSPS) is 11.3. The highest BCUT2D eigenvalue weighted by Gasteiger charge is 2.25. The number of halogens is 1. The fourth-order valence-electron chi connectivity index (χ4n) is 3.07. The average molecular weight is 470 g/mol. The summed E-state index contributed by atoms with van der Waals surface area (Å²) in [5.41, 5.74) is 2.28. The molecule has 0 spiro atoms. The van der Waals surface area contributed by atoms with E-state index in [0.717, 1.165) is 29.3 Å². The largest absolute Gasteiger partial charge is 0.358 e. The molecule has 8 nitrogen and oxygen atoms in total. The summed E-state index contributed by atoms with van der Waals surface area (Å²) in [5.74, 6) is -0.0629. The number of nitro groups is 1. The van der Waals surface area contributed by atoms with Crippen LogP contribution in [0.3, 0.4) is 0 Å². The standard InChI is InChI=1S/C22H16ClN3O5S/c1-15-6-5-9-17(12-15)25-22(14-20(24-25)16-7-3-2-4-8-16)31-32(29,30)18-10-11-19(23)21(13-18)26(27)28/h2-14H,1H3. The second-order valence-corrected chi connectivity index (χ2v) is 8.85. The SMILES string of the molecule is Cc1cccc(-n2nc(-c3ccccc3)cc2OS(=O)(=O)c2ccc(Cl)c([N+](=O)[O-])c2)c1. The van der Waals surface area contributed by atoms with Crippen LogP contribution in [0.4, 0.5) is 5.69 Å². The van der Waals surface area contributed by atoms with Crippen LogP contribution in [0.1, 0.15) is 5.56 Å². The molecule has 0 aliphatic heterocycles. The van der Waals surface area contributed by atoms with Crippen LogP contribution >= 0.6 is 11.6 Å². The predicted octanol–water partition coefficient (Wildman–Crippen LogP) is 5.18. The van der Waals surface area contributed by atoms with Crippen LogP contribution in [0.5, 0.6) is 5.88 Å². The minimum atomic E-state index is -4.42. The maximum Gasteiger partial charge on any atom is 0.340 e. The van der Waals surface area contributed by atoms with Gasteiger partial charge in [0.1, 0.15) is 9.92 Å². The van der Waals surface area contributed by atoms with Gasteiger partial charge in [-0.15, -0.1) is 0 Å². The van der Waals surface area contributed by atoms with Crippen molar-refractivity contribution in [3.05, 3.63) is 99.6 Å². The maximum atomic E-state index is 13.0. The third kappa shape index (κ3) is 4.34. The van der Waals surface area contributed by atoms with Crippen molar-refractivity contribution in [3.63, 3.8) is 0 Å². The van der Waals surface area contributed by atoms with Crippen LogP contribution in [0.2, 0.25) is 5.02 Å². The predicted molar refractivity (Wildman–Crippen MR) is 120 cm³/mol. The second kappa shape index (κ2) is 8.45. The highest BCUT2D eigenvalue weighted by molar-refractivity contribution is 7.87. The summed E-state index contributed by atoms with van der Waals surface area (Å²) in [6.07, 6.45) is 0. The lowest BCUT2D eigenvalue weighted by Gasteiger charge is -2.10. The first-order chi connectivity index (χ1) is 15.2. The van der Waals surface area contributed by atoms with E-state index in [1.807, 2.05) is 55.5 Å². The lowest BCUT2D eigenvalue weighted by molar-refractivity contribution is -0.384. The van der Waals surface area contributed by atoms with E-state index in [-0.39, 0.29) is 10.9 Å². The summed E-state index contributed by atoms with van der Waals surface area (Å²) in [6, 6.07) is 21.2. The van der Waals surface area contributed by atoms with Crippen molar-refractivity contribution in [2.24, 2.45) is 0 Å². The van der Waals surface area contributed by atoms with Gasteiger partial charge in [-0.3, -0.25) is 10.1 Å². The van der Waals surface area contributed by atoms with E-state index in [0.29, 0.717) is 11.4 Å². The second-order valence-electron chi connectivity index (χ2n) is 6.89. The van der Waals surface area contributed by atoms with Gasteiger partial charge in [-0.05, 0) is 36.8 Å². The molecule has 0 amide bonds. The van der Waals surface area contributed by atoms with Crippen LogP contribution in [-0.2, 0) is 10.1 Å². The number of benzene rings is 3. The van der Waals surface area contributed by atoms with Crippen molar-refractivity contribution < 1.29 is 17.5 Å². The Morgan fingerprint density at radius 1 is 1.00 bits per heavy atom. The molecule has 0 unspecified atom stereocenters. The molecule has 0 bridgehead atoms. The number of nitro benzene ring substituents is 1. The molecule has 0 saturated carbocycles. The average Bonchev–Trinajstić information content (AvgIpc) is 3.17. The van der Waals surface area contributed by atoms with Gasteiger partial charge in [0.2, 0.25) is 5.88 Å². The smallest absolute Gasteiger partial charge is 0.340 e. The molecule has 4 aromatic rings. The van der Waals surface area contributed by atoms with Crippen molar-refractivity contribution in [2.45, 2.75) is 11.8 Å². The van der Waals surface area contributed by atoms with Crippen LogP contribution < -0.4 is 4.18 Å². The molecule has 0 aliphatic carbocycles. The van der Waals surface area contributed by atoms with E-state index in [1.54, 1.807) is 6.07 Å². The number of rotatable bonds is 6. The van der Waals surface area contributed by atoms with Gasteiger partial charge in [0.25, 0.3) is 5.69 Å². The third-order valence-electron chi connectivity index (χ3n) is 4.59. The Hall–Kier alpha value is -3.69. The quantitative estimate of drug-likeness (QED) is 0.219. The van der Waals surface area contributed by atoms with Crippen LogP contribution in [-0.4, -0.2) is 23.1 Å². The molecule has 0 N–H and O–H groups in total. The van der Waals surface area contributed by atoms with Crippen molar-refractivity contribution in [2.75, 3.05) is 0 Å². The zero-order valence-electron chi connectivity index (χ0n) is 16.7. The zero-order valence-corrected chi connectivity index (χ0v) is 18.2. The molecule has 0 fully saturated rings. The van der Waals surface area contributed by atoms with E-state index in [1.165, 1.54) is 10.7 Å². The molecule has 32 heavy (non-hydrogen) atoms. The van der Waals surface area contributed by atoms with Gasteiger partial charge in [-0.1, -0.05) is 54.1 Å². The minimum Gasteiger partial charge on any atom is -0.358 e. The molecule has 0 radical (unpaired) electrons. The van der Waals surface area contributed by atoms with Crippen molar-refractivity contribution in [1.82, 2.24) is 9.78 Å². The van der Waals surface area contributed by atoms with Crippen molar-refractivity contribution >= 4 is 27.4 Å². The fourth-order valence-corrected chi connectivity index (χ4v) is 4.18. The van der Waals surface area contributed by atoms with Gasteiger partial charge >= 0.3 is 10.1 Å². The summed E-state index contributed by atoms with van der Waals surface area (Å²) >= 11 is 5.80. The zero-order chi connectivity index (χ0) is 22.9. The molecule has 0 aliphatic rings. The van der Waals surface area contributed by atoms with E-state index in [9.17, 15) is 18.5 Å². The number of hydrogen-bond donors (Lipinski definition) is 0. The van der Waals surface area contributed by atoms with Gasteiger partial charge in [0.15, 0.2) is 0 Å². The summed E-state index contributed by atoms with van der Waals surface area (Å²) in [7, 11) is -4.42. The Morgan fingerprint density at radius 3 is 2.44 bits per heavy atom. The summed E-state index contributed by atoms with van der Waals surface area (Å²) in [6.45, 7) is 1.90. The first-order valence-corrected chi connectivity index (χ1v) is 11.1. The van der Waals surface area contributed by atoms with Gasteiger partial charge in [0.05, 0.1) is 16.3 Å². The molecular weight excluding hydrogens is 454 g/mol. The van der Waals surface area contributed by atoms with E-state index in [4.69, 9.17) is 15.8 Å². The van der Waals surface area contributed by atoms with E-state index in [2.05, 4.69) is 5.10 Å². The maximum absolute atomic E-state index is 13.0. The lowest BCUT2D eigenvalue weighted by atomic mass is 10.2. The minimum absolute atomic E-state index is 0.0629. The van der Waals surface area contributed by atoms with E-state index < -0.39 is 25.6 Å². The Labute approximate surface area is 188 Å². The molecular formula is C22H16ClN3O5S. The molecule has 0 atom stereocenters. The molecule has 162 valence electrons. The number of nitrogens with zero attached hydrogens (tertiary/aromatic N) is 3. The van der Waals surface area contributed by atoms with Gasteiger partial charge < -0.3 is 4.18 Å². The Balaban J connectivity index is 1.81. The molecule has 1 heterocycles. The van der Waals surface area contributed by atoms with Crippen LogP contribution in [0.25, 0.3) is 16.9 Å². The Bertz CT molecular complexity index is 1420. The van der Waals surface area contributed by atoms with Gasteiger partial charge in [-0.2, -0.15) is 18.2 Å². The van der Waals surface area contributed by atoms with Crippen molar-refractivity contribution in [1.29, 1.82) is 0 Å². The monoisotopic (exact) mass is 469 g/mol. The molecule has 1 aromatic heterocycles. The Morgan fingerprint density at radius 2 is 1.75 bits per heavy atom. The third-order valence-corrected chi connectivity index (χ3v) is 6.13. The van der Waals surface area contributed by atoms with Crippen LogP contribution in [0, 0.1) is 17.0 Å². The molecule has 4 rings (SSSR count). The van der Waals surface area contributed by atoms with Gasteiger partial charge in [0, 0.05) is 17.7 Å². The Kier molecular flexibility index (Phi) is 5.68. The summed E-state index contributed by atoms with van der Waals surface area (Å²) < 4.78 is 32.7. The molecule has 0 saturated heterocycles. The highest BCUT2D eigenvalue weighted by Crippen LogP contribution is 2.31.